The van der Waals surface area contributed by atoms with Gasteiger partial charge in [0.05, 0.1) is 9.82 Å². The van der Waals surface area contributed by atoms with Gasteiger partial charge in [-0.25, -0.2) is 13.8 Å². The molecular formula is C11H5ClF2N2O2S. The molecule has 0 saturated heterocycles. The first-order valence-electron chi connectivity index (χ1n) is 4.91. The van der Waals surface area contributed by atoms with E-state index in [1.165, 1.54) is 6.07 Å². The molecule has 19 heavy (non-hydrogen) atoms. The maximum atomic E-state index is 13.5. The Bertz CT molecular complexity index is 655. The van der Waals surface area contributed by atoms with Gasteiger partial charge in [0, 0.05) is 6.07 Å². The van der Waals surface area contributed by atoms with Crippen molar-refractivity contribution in [2.24, 2.45) is 0 Å². The minimum Gasteiger partial charge on any atom is -0.258 e. The van der Waals surface area contributed by atoms with Gasteiger partial charge >= 0.3 is 5.69 Å². The first-order chi connectivity index (χ1) is 8.97. The molecule has 2 rings (SSSR count). The molecule has 0 aliphatic rings. The number of rotatable bonds is 3. The molecule has 0 spiro atoms. The van der Waals surface area contributed by atoms with Gasteiger partial charge in [0.25, 0.3) is 0 Å². The van der Waals surface area contributed by atoms with Crippen molar-refractivity contribution in [3.63, 3.8) is 0 Å². The van der Waals surface area contributed by atoms with E-state index in [1.807, 2.05) is 0 Å². The maximum absolute atomic E-state index is 13.5. The number of benzene rings is 1. The standard InChI is InChI=1S/C11H5ClF2N2O2S/c12-10-4-3-8(16(17)18)11(15-10)19-9-5-6(13)1-2-7(9)14/h1-5H. The normalized spacial score (nSPS) is 10.5. The van der Waals surface area contributed by atoms with Gasteiger partial charge in [0.15, 0.2) is 5.03 Å². The second kappa shape index (κ2) is 5.50. The van der Waals surface area contributed by atoms with Gasteiger partial charge in [0.2, 0.25) is 0 Å². The van der Waals surface area contributed by atoms with Crippen LogP contribution < -0.4 is 0 Å². The Morgan fingerprint density at radius 3 is 2.68 bits per heavy atom. The van der Waals surface area contributed by atoms with Crippen LogP contribution in [0.4, 0.5) is 14.5 Å². The molecule has 0 atom stereocenters. The summed E-state index contributed by atoms with van der Waals surface area (Å²) in [6, 6.07) is 5.25. The number of nitro groups is 1. The monoisotopic (exact) mass is 302 g/mol. The van der Waals surface area contributed by atoms with Crippen molar-refractivity contribution in [1.82, 2.24) is 4.98 Å². The van der Waals surface area contributed by atoms with Crippen molar-refractivity contribution in [1.29, 1.82) is 0 Å². The quantitative estimate of drug-likeness (QED) is 0.487. The Morgan fingerprint density at radius 1 is 1.26 bits per heavy atom. The average molecular weight is 303 g/mol. The predicted molar refractivity (Wildman–Crippen MR) is 66.4 cm³/mol. The van der Waals surface area contributed by atoms with Crippen molar-refractivity contribution in [3.05, 3.63) is 57.2 Å². The lowest BCUT2D eigenvalue weighted by atomic mass is 10.3. The zero-order chi connectivity index (χ0) is 14.0. The topological polar surface area (TPSA) is 56.0 Å². The van der Waals surface area contributed by atoms with Crippen LogP contribution in [0.1, 0.15) is 0 Å². The summed E-state index contributed by atoms with van der Waals surface area (Å²) < 4.78 is 26.5. The van der Waals surface area contributed by atoms with Gasteiger partial charge < -0.3 is 0 Å². The summed E-state index contributed by atoms with van der Waals surface area (Å²) in [7, 11) is 0. The zero-order valence-electron chi connectivity index (χ0n) is 9.14. The second-order valence-corrected chi connectivity index (χ2v) is 4.81. The molecule has 1 aromatic carbocycles. The third kappa shape index (κ3) is 3.18. The number of halogens is 3. The molecule has 0 unspecified atom stereocenters. The number of pyridine rings is 1. The highest BCUT2D eigenvalue weighted by Crippen LogP contribution is 2.35. The fraction of sp³-hybridized carbons (Fsp3) is 0. The molecule has 1 aromatic heterocycles. The molecule has 0 saturated carbocycles. The number of aromatic nitrogens is 1. The highest BCUT2D eigenvalue weighted by Gasteiger charge is 2.18. The fourth-order valence-corrected chi connectivity index (χ4v) is 2.42. The van der Waals surface area contributed by atoms with Crippen molar-refractivity contribution >= 4 is 29.1 Å². The smallest absolute Gasteiger partial charge is 0.258 e. The minimum atomic E-state index is -0.692. The van der Waals surface area contributed by atoms with E-state index in [4.69, 9.17) is 11.6 Å². The molecule has 0 radical (unpaired) electrons. The first-order valence-corrected chi connectivity index (χ1v) is 6.10. The van der Waals surface area contributed by atoms with Crippen LogP contribution in [0, 0.1) is 21.7 Å². The summed E-state index contributed by atoms with van der Waals surface area (Å²) in [5.74, 6) is -1.34. The van der Waals surface area contributed by atoms with Gasteiger partial charge in [-0.3, -0.25) is 10.1 Å². The van der Waals surface area contributed by atoms with Gasteiger partial charge in [-0.1, -0.05) is 23.4 Å². The maximum Gasteiger partial charge on any atom is 0.301 e. The lowest BCUT2D eigenvalue weighted by molar-refractivity contribution is -0.388. The molecule has 98 valence electrons. The third-order valence-electron chi connectivity index (χ3n) is 2.10. The van der Waals surface area contributed by atoms with E-state index >= 15 is 0 Å². The van der Waals surface area contributed by atoms with Crippen LogP contribution in [0.3, 0.4) is 0 Å². The molecule has 8 heteroatoms. The van der Waals surface area contributed by atoms with E-state index in [-0.39, 0.29) is 20.8 Å². The number of hydrogen-bond donors (Lipinski definition) is 0. The van der Waals surface area contributed by atoms with Crippen LogP contribution in [-0.2, 0) is 0 Å². The predicted octanol–water partition coefficient (Wildman–Crippen LogP) is 4.07. The van der Waals surface area contributed by atoms with E-state index in [0.29, 0.717) is 11.8 Å². The summed E-state index contributed by atoms with van der Waals surface area (Å²) in [6.07, 6.45) is 0. The van der Waals surface area contributed by atoms with Crippen molar-refractivity contribution in [2.75, 3.05) is 0 Å². The largest absolute Gasteiger partial charge is 0.301 e. The van der Waals surface area contributed by atoms with Crippen LogP contribution in [0.25, 0.3) is 0 Å². The van der Waals surface area contributed by atoms with Crippen molar-refractivity contribution in [3.8, 4) is 0 Å². The van der Waals surface area contributed by atoms with Crippen LogP contribution >= 0.6 is 23.4 Å². The molecule has 4 nitrogen and oxygen atoms in total. The average Bonchev–Trinajstić information content (AvgIpc) is 2.33. The zero-order valence-corrected chi connectivity index (χ0v) is 10.7. The van der Waals surface area contributed by atoms with Gasteiger partial charge in [-0.05, 0) is 24.3 Å². The molecule has 2 aromatic rings. The summed E-state index contributed by atoms with van der Waals surface area (Å²) in [5.41, 5.74) is -0.321. The van der Waals surface area contributed by atoms with Crippen LogP contribution in [-0.4, -0.2) is 9.91 Å². The highest BCUT2D eigenvalue weighted by atomic mass is 35.5. The summed E-state index contributed by atoms with van der Waals surface area (Å²) in [6.45, 7) is 0. The summed E-state index contributed by atoms with van der Waals surface area (Å²) >= 11 is 6.29. The fourth-order valence-electron chi connectivity index (χ4n) is 1.28. The molecule has 0 fully saturated rings. The Labute approximate surface area is 115 Å². The number of hydrogen-bond acceptors (Lipinski definition) is 4. The van der Waals surface area contributed by atoms with E-state index in [1.54, 1.807) is 0 Å². The second-order valence-electron chi connectivity index (χ2n) is 3.39. The van der Waals surface area contributed by atoms with E-state index < -0.39 is 16.6 Å². The molecule has 0 bridgehead atoms. The lowest BCUT2D eigenvalue weighted by Crippen LogP contribution is -1.94. The molecular weight excluding hydrogens is 298 g/mol. The van der Waals surface area contributed by atoms with E-state index in [0.717, 1.165) is 24.3 Å². The minimum absolute atomic E-state index is 0.0323. The van der Waals surface area contributed by atoms with Gasteiger partial charge in [-0.2, -0.15) is 0 Å². The summed E-state index contributed by atoms with van der Waals surface area (Å²) in [4.78, 5) is 13.8. The van der Waals surface area contributed by atoms with Crippen LogP contribution in [0.2, 0.25) is 5.15 Å². The summed E-state index contributed by atoms with van der Waals surface area (Å²) in [5, 5.41) is 10.8. The Balaban J connectivity index is 2.45. The Morgan fingerprint density at radius 2 is 2.00 bits per heavy atom. The Hall–Kier alpha value is -1.73. The molecule has 0 N–H and O–H groups in total. The Kier molecular flexibility index (Phi) is 3.96. The van der Waals surface area contributed by atoms with Gasteiger partial charge in [-0.15, -0.1) is 0 Å². The van der Waals surface area contributed by atoms with Crippen molar-refractivity contribution < 1.29 is 13.7 Å². The molecule has 0 amide bonds. The number of nitrogens with zero attached hydrogens (tertiary/aromatic N) is 2. The first kappa shape index (κ1) is 13.7. The van der Waals surface area contributed by atoms with E-state index in [9.17, 15) is 18.9 Å². The molecule has 0 aliphatic carbocycles. The van der Waals surface area contributed by atoms with Crippen LogP contribution in [0.5, 0.6) is 0 Å². The van der Waals surface area contributed by atoms with Crippen molar-refractivity contribution in [2.45, 2.75) is 9.92 Å². The lowest BCUT2D eigenvalue weighted by Gasteiger charge is -2.04. The van der Waals surface area contributed by atoms with E-state index in [2.05, 4.69) is 4.98 Å². The van der Waals surface area contributed by atoms with Gasteiger partial charge in [0.1, 0.15) is 16.8 Å². The third-order valence-corrected chi connectivity index (χ3v) is 3.34. The SMILES string of the molecule is O=[N+]([O-])c1ccc(Cl)nc1Sc1cc(F)ccc1F. The highest BCUT2D eigenvalue weighted by molar-refractivity contribution is 7.99. The molecule has 1 heterocycles. The van der Waals surface area contributed by atoms with Crippen LogP contribution in [0.15, 0.2) is 40.3 Å². The molecule has 0 aliphatic heterocycles.